The monoisotopic (exact) mass is 460 g/mol. The van der Waals surface area contributed by atoms with Crippen LogP contribution in [-0.4, -0.2) is 57.2 Å². The normalized spacial score (nSPS) is 17.2. The smallest absolute Gasteiger partial charge is 0.221 e. The zero-order valence-corrected chi connectivity index (χ0v) is 17.6. The number of ether oxygens (including phenoxy) is 1. The molecule has 6 nitrogen and oxygen atoms in total. The first kappa shape index (κ1) is 21.7. The molecule has 140 valence electrons. The van der Waals surface area contributed by atoms with Crippen LogP contribution >= 0.6 is 24.0 Å². The number of amides is 1. The molecule has 1 amide bonds. The number of nitrogens with zero attached hydrogens (tertiary/aromatic N) is 2. The fraction of sp³-hybridized carbons (Fsp3) is 0.556. The molecule has 2 rings (SSSR count). The molecule has 7 heteroatoms. The van der Waals surface area contributed by atoms with Gasteiger partial charge >= 0.3 is 0 Å². The number of guanidine groups is 1. The lowest BCUT2D eigenvalue weighted by Gasteiger charge is -2.21. The van der Waals surface area contributed by atoms with Gasteiger partial charge in [-0.3, -0.25) is 9.79 Å². The number of anilines is 1. The van der Waals surface area contributed by atoms with Crippen LogP contribution in [0.4, 0.5) is 5.69 Å². The lowest BCUT2D eigenvalue weighted by atomic mass is 10.1. The average molecular weight is 460 g/mol. The molecule has 1 fully saturated rings. The molecule has 1 aromatic carbocycles. The number of benzene rings is 1. The van der Waals surface area contributed by atoms with Crippen LogP contribution in [0.25, 0.3) is 0 Å². The second kappa shape index (κ2) is 11.3. The minimum atomic E-state index is -0.0504. The van der Waals surface area contributed by atoms with Crippen molar-refractivity contribution in [1.82, 2.24) is 10.2 Å². The molecule has 0 saturated carbocycles. The number of carbonyl (C=O) groups is 1. The van der Waals surface area contributed by atoms with Gasteiger partial charge in [0.1, 0.15) is 0 Å². The van der Waals surface area contributed by atoms with Crippen LogP contribution < -0.4 is 10.6 Å². The van der Waals surface area contributed by atoms with E-state index in [0.717, 1.165) is 50.7 Å². The fourth-order valence-electron chi connectivity index (χ4n) is 3.01. The summed E-state index contributed by atoms with van der Waals surface area (Å²) in [5.74, 6) is 1.50. The summed E-state index contributed by atoms with van der Waals surface area (Å²) in [6.45, 7) is 5.18. The number of hydrogen-bond donors (Lipinski definition) is 2. The van der Waals surface area contributed by atoms with E-state index in [1.165, 1.54) is 12.5 Å². The van der Waals surface area contributed by atoms with Gasteiger partial charge in [0.2, 0.25) is 5.91 Å². The van der Waals surface area contributed by atoms with Crippen LogP contribution in [0.2, 0.25) is 0 Å². The SMILES string of the molecule is CN=C(NCCc1ccc(NC(C)=O)cc1)N1CCC(COC)C1.I. The van der Waals surface area contributed by atoms with Gasteiger partial charge in [-0.05, 0) is 30.5 Å². The van der Waals surface area contributed by atoms with E-state index in [1.807, 2.05) is 31.3 Å². The summed E-state index contributed by atoms with van der Waals surface area (Å²) in [5, 5.41) is 6.21. The predicted molar refractivity (Wildman–Crippen MR) is 113 cm³/mol. The van der Waals surface area contributed by atoms with E-state index < -0.39 is 0 Å². The maximum atomic E-state index is 11.0. The number of nitrogens with one attached hydrogen (secondary N) is 2. The van der Waals surface area contributed by atoms with Crippen molar-refractivity contribution >= 4 is 41.5 Å². The van der Waals surface area contributed by atoms with Crippen molar-refractivity contribution in [1.29, 1.82) is 0 Å². The van der Waals surface area contributed by atoms with Crippen molar-refractivity contribution in [3.8, 4) is 0 Å². The molecular formula is C18H29IN4O2. The molecule has 1 aliphatic heterocycles. The molecule has 0 spiro atoms. The Morgan fingerprint density at radius 1 is 1.36 bits per heavy atom. The average Bonchev–Trinajstić information content (AvgIpc) is 3.01. The van der Waals surface area contributed by atoms with Gasteiger partial charge in [-0.2, -0.15) is 0 Å². The molecule has 1 atom stereocenters. The number of likely N-dealkylation sites (tertiary alicyclic amines) is 1. The molecule has 1 unspecified atom stereocenters. The molecule has 0 aromatic heterocycles. The van der Waals surface area contributed by atoms with Gasteiger partial charge in [0.15, 0.2) is 5.96 Å². The van der Waals surface area contributed by atoms with Crippen LogP contribution in [0.5, 0.6) is 0 Å². The maximum absolute atomic E-state index is 11.0. The molecule has 2 N–H and O–H groups in total. The highest BCUT2D eigenvalue weighted by Gasteiger charge is 2.24. The largest absolute Gasteiger partial charge is 0.384 e. The van der Waals surface area contributed by atoms with Gasteiger partial charge in [-0.15, -0.1) is 24.0 Å². The fourth-order valence-corrected chi connectivity index (χ4v) is 3.01. The van der Waals surface area contributed by atoms with Crippen molar-refractivity contribution < 1.29 is 9.53 Å². The minimum absolute atomic E-state index is 0. The Kier molecular flexibility index (Phi) is 9.81. The molecule has 25 heavy (non-hydrogen) atoms. The van der Waals surface area contributed by atoms with E-state index in [0.29, 0.717) is 5.92 Å². The first-order valence-corrected chi connectivity index (χ1v) is 8.43. The van der Waals surface area contributed by atoms with Crippen LogP contribution in [0.1, 0.15) is 18.9 Å². The van der Waals surface area contributed by atoms with Gasteiger partial charge in [0.05, 0.1) is 6.61 Å². The summed E-state index contributed by atoms with van der Waals surface area (Å²) in [6.07, 6.45) is 2.06. The summed E-state index contributed by atoms with van der Waals surface area (Å²) in [7, 11) is 3.58. The van der Waals surface area contributed by atoms with Crippen molar-refractivity contribution in [2.75, 3.05) is 45.7 Å². The van der Waals surface area contributed by atoms with E-state index in [2.05, 4.69) is 20.5 Å². The number of halogens is 1. The zero-order valence-electron chi connectivity index (χ0n) is 15.2. The molecule has 0 bridgehead atoms. The topological polar surface area (TPSA) is 66.0 Å². The number of methoxy groups -OCH3 is 1. The standard InChI is InChI=1S/C18H28N4O2.HI/c1-14(23)21-17-6-4-15(5-7-17)8-10-20-18(19-2)22-11-9-16(12-22)13-24-3;/h4-7,16H,8-13H2,1-3H3,(H,19,20)(H,21,23);1H. The van der Waals surface area contributed by atoms with Crippen LogP contribution in [0.3, 0.4) is 0 Å². The Labute approximate surface area is 167 Å². The predicted octanol–water partition coefficient (Wildman–Crippen LogP) is 2.35. The van der Waals surface area contributed by atoms with E-state index in [-0.39, 0.29) is 29.9 Å². The summed E-state index contributed by atoms with van der Waals surface area (Å²) >= 11 is 0. The zero-order chi connectivity index (χ0) is 17.4. The highest BCUT2D eigenvalue weighted by Crippen LogP contribution is 2.16. The quantitative estimate of drug-likeness (QED) is 0.389. The Morgan fingerprint density at radius 2 is 2.08 bits per heavy atom. The summed E-state index contributed by atoms with van der Waals surface area (Å²) in [4.78, 5) is 17.7. The number of carbonyl (C=O) groups excluding carboxylic acids is 1. The summed E-state index contributed by atoms with van der Waals surface area (Å²) < 4.78 is 5.25. The van der Waals surface area contributed by atoms with Gasteiger partial charge in [0.25, 0.3) is 0 Å². The number of rotatable bonds is 6. The highest BCUT2D eigenvalue weighted by molar-refractivity contribution is 14.0. The highest BCUT2D eigenvalue weighted by atomic mass is 127. The van der Waals surface area contributed by atoms with E-state index in [1.54, 1.807) is 7.11 Å². The van der Waals surface area contributed by atoms with Crippen molar-refractivity contribution in [3.63, 3.8) is 0 Å². The second-order valence-electron chi connectivity index (χ2n) is 6.16. The van der Waals surface area contributed by atoms with Gasteiger partial charge in [-0.25, -0.2) is 0 Å². The van der Waals surface area contributed by atoms with Crippen molar-refractivity contribution in [2.24, 2.45) is 10.9 Å². The van der Waals surface area contributed by atoms with Crippen LogP contribution in [0, 0.1) is 5.92 Å². The number of hydrogen-bond acceptors (Lipinski definition) is 3. The summed E-state index contributed by atoms with van der Waals surface area (Å²) in [5.41, 5.74) is 2.06. The van der Waals surface area contributed by atoms with E-state index >= 15 is 0 Å². The first-order chi connectivity index (χ1) is 11.6. The maximum Gasteiger partial charge on any atom is 0.221 e. The van der Waals surface area contributed by atoms with Gasteiger partial charge < -0.3 is 20.3 Å². The second-order valence-corrected chi connectivity index (χ2v) is 6.16. The minimum Gasteiger partial charge on any atom is -0.384 e. The molecule has 1 aromatic rings. The first-order valence-electron chi connectivity index (χ1n) is 8.43. The lowest BCUT2D eigenvalue weighted by molar-refractivity contribution is -0.114. The van der Waals surface area contributed by atoms with Crippen molar-refractivity contribution in [2.45, 2.75) is 19.8 Å². The molecular weight excluding hydrogens is 431 g/mol. The molecule has 0 radical (unpaired) electrons. The Hall–Kier alpha value is -1.35. The van der Waals surface area contributed by atoms with Gasteiger partial charge in [-0.1, -0.05) is 12.1 Å². The van der Waals surface area contributed by atoms with Gasteiger partial charge in [0, 0.05) is 52.3 Å². The van der Waals surface area contributed by atoms with Crippen molar-refractivity contribution in [3.05, 3.63) is 29.8 Å². The van der Waals surface area contributed by atoms with Crippen LogP contribution in [-0.2, 0) is 16.0 Å². The third-order valence-electron chi connectivity index (χ3n) is 4.17. The third-order valence-corrected chi connectivity index (χ3v) is 4.17. The Morgan fingerprint density at radius 3 is 2.68 bits per heavy atom. The lowest BCUT2D eigenvalue weighted by Crippen LogP contribution is -2.41. The Bertz CT molecular complexity index is 563. The van der Waals surface area contributed by atoms with Crippen LogP contribution in [0.15, 0.2) is 29.3 Å². The van der Waals surface area contributed by atoms with E-state index in [9.17, 15) is 4.79 Å². The molecule has 1 aliphatic rings. The van der Waals surface area contributed by atoms with E-state index in [4.69, 9.17) is 4.74 Å². The molecule has 0 aliphatic carbocycles. The molecule has 1 heterocycles. The summed E-state index contributed by atoms with van der Waals surface area (Å²) in [6, 6.07) is 7.95. The Balaban J connectivity index is 0.00000312. The third kappa shape index (κ3) is 7.19. The molecule has 1 saturated heterocycles. The number of aliphatic imine (C=N–C) groups is 1.